The standard InChI is InChI=1S/C10H15FN2/c1-7(2)8-3-4-13-9(11)6-12-10(13)5-8/h6-8H,3-5H2,1-2H3. The lowest BCUT2D eigenvalue weighted by atomic mass is 9.87. The van der Waals surface area contributed by atoms with Crippen LogP contribution in [0.15, 0.2) is 6.20 Å². The third kappa shape index (κ3) is 1.47. The van der Waals surface area contributed by atoms with Crippen LogP contribution in [0.4, 0.5) is 4.39 Å². The van der Waals surface area contributed by atoms with Gasteiger partial charge in [-0.25, -0.2) is 4.98 Å². The highest BCUT2D eigenvalue weighted by Crippen LogP contribution is 2.26. The van der Waals surface area contributed by atoms with E-state index in [9.17, 15) is 4.39 Å². The van der Waals surface area contributed by atoms with Crippen molar-refractivity contribution in [2.24, 2.45) is 11.8 Å². The van der Waals surface area contributed by atoms with E-state index in [1.165, 1.54) is 6.20 Å². The van der Waals surface area contributed by atoms with Gasteiger partial charge in [-0.15, -0.1) is 0 Å². The molecule has 0 radical (unpaired) electrons. The monoisotopic (exact) mass is 182 g/mol. The zero-order valence-electron chi connectivity index (χ0n) is 8.13. The van der Waals surface area contributed by atoms with Crippen LogP contribution in [0.25, 0.3) is 0 Å². The van der Waals surface area contributed by atoms with Crippen LogP contribution in [0, 0.1) is 17.8 Å². The molecule has 0 aromatic carbocycles. The van der Waals surface area contributed by atoms with E-state index in [1.54, 1.807) is 4.57 Å². The van der Waals surface area contributed by atoms with Gasteiger partial charge in [0.2, 0.25) is 5.95 Å². The Morgan fingerprint density at radius 3 is 3.08 bits per heavy atom. The Balaban J connectivity index is 2.21. The Hall–Kier alpha value is -0.860. The lowest BCUT2D eigenvalue weighted by Crippen LogP contribution is -2.23. The fourth-order valence-corrected chi connectivity index (χ4v) is 1.99. The summed E-state index contributed by atoms with van der Waals surface area (Å²) in [5.41, 5.74) is 0. The first kappa shape index (κ1) is 8.73. The van der Waals surface area contributed by atoms with Crippen molar-refractivity contribution in [1.29, 1.82) is 0 Å². The van der Waals surface area contributed by atoms with E-state index in [0.29, 0.717) is 11.8 Å². The molecule has 0 fully saturated rings. The molecule has 0 saturated heterocycles. The summed E-state index contributed by atoms with van der Waals surface area (Å²) in [6.07, 6.45) is 3.34. The van der Waals surface area contributed by atoms with Crippen LogP contribution in [-0.2, 0) is 13.0 Å². The molecule has 0 N–H and O–H groups in total. The summed E-state index contributed by atoms with van der Waals surface area (Å²) >= 11 is 0. The maximum atomic E-state index is 13.1. The highest BCUT2D eigenvalue weighted by atomic mass is 19.1. The number of halogens is 1. The fraction of sp³-hybridized carbons (Fsp3) is 0.700. The second-order valence-electron chi connectivity index (χ2n) is 4.15. The Bertz CT molecular complexity index is 304. The van der Waals surface area contributed by atoms with E-state index >= 15 is 0 Å². The van der Waals surface area contributed by atoms with Crippen LogP contribution in [-0.4, -0.2) is 9.55 Å². The van der Waals surface area contributed by atoms with Gasteiger partial charge in [0.05, 0.1) is 6.20 Å². The first-order chi connectivity index (χ1) is 6.18. The van der Waals surface area contributed by atoms with Gasteiger partial charge in [-0.1, -0.05) is 13.8 Å². The van der Waals surface area contributed by atoms with E-state index in [-0.39, 0.29) is 5.95 Å². The van der Waals surface area contributed by atoms with Gasteiger partial charge in [-0.3, -0.25) is 0 Å². The molecule has 0 spiro atoms. The van der Waals surface area contributed by atoms with E-state index < -0.39 is 0 Å². The highest BCUT2D eigenvalue weighted by Gasteiger charge is 2.23. The highest BCUT2D eigenvalue weighted by molar-refractivity contribution is 4.99. The van der Waals surface area contributed by atoms with E-state index in [2.05, 4.69) is 18.8 Å². The first-order valence-corrected chi connectivity index (χ1v) is 4.88. The van der Waals surface area contributed by atoms with Crippen LogP contribution >= 0.6 is 0 Å². The molecule has 1 aliphatic heterocycles. The minimum atomic E-state index is -0.183. The molecule has 0 amide bonds. The van der Waals surface area contributed by atoms with Crippen molar-refractivity contribution < 1.29 is 4.39 Å². The molecule has 3 heteroatoms. The molecule has 1 unspecified atom stereocenters. The summed E-state index contributed by atoms with van der Waals surface area (Å²) in [6, 6.07) is 0. The number of hydrogen-bond acceptors (Lipinski definition) is 1. The molecule has 13 heavy (non-hydrogen) atoms. The molecule has 1 aromatic heterocycles. The lowest BCUT2D eigenvalue weighted by molar-refractivity contribution is 0.284. The van der Waals surface area contributed by atoms with Gasteiger partial charge >= 0.3 is 0 Å². The summed E-state index contributed by atoms with van der Waals surface area (Å²) < 4.78 is 14.8. The molecule has 1 aliphatic rings. The predicted molar refractivity (Wildman–Crippen MR) is 48.8 cm³/mol. The van der Waals surface area contributed by atoms with E-state index in [1.807, 2.05) is 0 Å². The average molecular weight is 182 g/mol. The minimum Gasteiger partial charge on any atom is -0.305 e. The number of fused-ring (bicyclic) bond motifs is 1. The molecule has 0 saturated carbocycles. The normalized spacial score (nSPS) is 22.0. The average Bonchev–Trinajstić information content (AvgIpc) is 2.47. The quantitative estimate of drug-likeness (QED) is 0.651. The van der Waals surface area contributed by atoms with Crippen LogP contribution in [0.5, 0.6) is 0 Å². The summed E-state index contributed by atoms with van der Waals surface area (Å²) in [5.74, 6) is 2.09. The third-order valence-corrected chi connectivity index (χ3v) is 3.00. The maximum Gasteiger partial charge on any atom is 0.213 e. The van der Waals surface area contributed by atoms with Crippen LogP contribution in [0.3, 0.4) is 0 Å². The third-order valence-electron chi connectivity index (χ3n) is 3.00. The molecule has 2 heterocycles. The minimum absolute atomic E-state index is 0.183. The smallest absolute Gasteiger partial charge is 0.213 e. The molecular formula is C10H15FN2. The molecule has 2 rings (SSSR count). The van der Waals surface area contributed by atoms with Crippen LogP contribution in [0.2, 0.25) is 0 Å². The van der Waals surface area contributed by atoms with Crippen molar-refractivity contribution in [3.63, 3.8) is 0 Å². The summed E-state index contributed by atoms with van der Waals surface area (Å²) in [5, 5.41) is 0. The summed E-state index contributed by atoms with van der Waals surface area (Å²) in [4.78, 5) is 4.08. The number of hydrogen-bond donors (Lipinski definition) is 0. The van der Waals surface area contributed by atoms with E-state index in [4.69, 9.17) is 0 Å². The first-order valence-electron chi connectivity index (χ1n) is 4.88. The van der Waals surface area contributed by atoms with Crippen molar-refractivity contribution in [3.8, 4) is 0 Å². The van der Waals surface area contributed by atoms with Crippen LogP contribution in [0.1, 0.15) is 26.1 Å². The van der Waals surface area contributed by atoms with Gasteiger partial charge < -0.3 is 4.57 Å². The maximum absolute atomic E-state index is 13.1. The van der Waals surface area contributed by atoms with Gasteiger partial charge in [-0.2, -0.15) is 4.39 Å². The van der Waals surface area contributed by atoms with E-state index in [0.717, 1.165) is 25.2 Å². The fourth-order valence-electron chi connectivity index (χ4n) is 1.99. The number of imidazole rings is 1. The lowest BCUT2D eigenvalue weighted by Gasteiger charge is -2.26. The van der Waals surface area contributed by atoms with Crippen molar-refractivity contribution in [2.45, 2.75) is 33.2 Å². The van der Waals surface area contributed by atoms with Gasteiger partial charge in [0.15, 0.2) is 0 Å². The van der Waals surface area contributed by atoms with Gasteiger partial charge in [0.25, 0.3) is 0 Å². The Kier molecular flexibility index (Phi) is 2.10. The topological polar surface area (TPSA) is 17.8 Å². The molecule has 1 aromatic rings. The van der Waals surface area contributed by atoms with Gasteiger partial charge in [-0.05, 0) is 18.3 Å². The Morgan fingerprint density at radius 1 is 1.62 bits per heavy atom. The Morgan fingerprint density at radius 2 is 2.38 bits per heavy atom. The molecular weight excluding hydrogens is 167 g/mol. The zero-order chi connectivity index (χ0) is 9.42. The zero-order valence-corrected chi connectivity index (χ0v) is 8.13. The SMILES string of the molecule is CC(C)C1CCn2c(F)cnc2C1. The largest absolute Gasteiger partial charge is 0.305 e. The second kappa shape index (κ2) is 3.13. The molecule has 2 nitrogen and oxygen atoms in total. The Labute approximate surface area is 77.8 Å². The number of aromatic nitrogens is 2. The van der Waals surface area contributed by atoms with Gasteiger partial charge in [0, 0.05) is 13.0 Å². The van der Waals surface area contributed by atoms with Crippen LogP contribution < -0.4 is 0 Å². The number of nitrogens with zero attached hydrogens (tertiary/aromatic N) is 2. The summed E-state index contributed by atoms with van der Waals surface area (Å²) in [7, 11) is 0. The van der Waals surface area contributed by atoms with Crippen molar-refractivity contribution in [1.82, 2.24) is 9.55 Å². The molecule has 0 bridgehead atoms. The predicted octanol–water partition coefficient (Wildman–Crippen LogP) is 2.24. The molecule has 0 aliphatic carbocycles. The summed E-state index contributed by atoms with van der Waals surface area (Å²) in [6.45, 7) is 5.24. The number of rotatable bonds is 1. The molecule has 72 valence electrons. The van der Waals surface area contributed by atoms with Crippen molar-refractivity contribution in [2.75, 3.05) is 0 Å². The van der Waals surface area contributed by atoms with Crippen molar-refractivity contribution >= 4 is 0 Å². The van der Waals surface area contributed by atoms with Gasteiger partial charge in [0.1, 0.15) is 5.82 Å². The van der Waals surface area contributed by atoms with Crippen molar-refractivity contribution in [3.05, 3.63) is 18.0 Å². The molecule has 1 atom stereocenters. The second-order valence-corrected chi connectivity index (χ2v) is 4.15.